The van der Waals surface area contributed by atoms with Gasteiger partial charge >= 0.3 is 0 Å². The van der Waals surface area contributed by atoms with E-state index in [1.807, 2.05) is 25.1 Å². The van der Waals surface area contributed by atoms with Crippen molar-refractivity contribution in [2.24, 2.45) is 0 Å². The van der Waals surface area contributed by atoms with Gasteiger partial charge in [-0.05, 0) is 31.4 Å². The van der Waals surface area contributed by atoms with Crippen LogP contribution in [0.5, 0.6) is 11.6 Å². The third kappa shape index (κ3) is 3.47. The molecule has 0 saturated heterocycles. The van der Waals surface area contributed by atoms with Gasteiger partial charge in [-0.1, -0.05) is 32.0 Å². The first-order valence-electron chi connectivity index (χ1n) is 7.07. The maximum absolute atomic E-state index is 5.96. The van der Waals surface area contributed by atoms with Crippen LogP contribution in [0.25, 0.3) is 0 Å². The van der Waals surface area contributed by atoms with Crippen LogP contribution in [0.1, 0.15) is 31.4 Å². The predicted octanol–water partition coefficient (Wildman–Crippen LogP) is 3.96. The zero-order valence-electron chi connectivity index (χ0n) is 12.3. The number of hydrogen-bond donors (Lipinski definition) is 1. The maximum Gasteiger partial charge on any atom is 0.226 e. The summed E-state index contributed by atoms with van der Waals surface area (Å²) in [5.41, 5.74) is 2.10. The van der Waals surface area contributed by atoms with Crippen molar-refractivity contribution >= 4 is 5.95 Å². The number of nitrogens with zero attached hydrogens (tertiary/aromatic N) is 2. The molecule has 106 valence electrons. The Hall–Kier alpha value is -2.10. The molecule has 20 heavy (non-hydrogen) atoms. The van der Waals surface area contributed by atoms with Crippen LogP contribution in [-0.4, -0.2) is 16.5 Å². The number of aryl methyl sites for hydroxylation is 2. The van der Waals surface area contributed by atoms with Gasteiger partial charge in [-0.25, -0.2) is 4.98 Å². The lowest BCUT2D eigenvalue weighted by atomic mass is 10.1. The molecule has 0 atom stereocenters. The van der Waals surface area contributed by atoms with Gasteiger partial charge in [-0.2, -0.15) is 4.98 Å². The Morgan fingerprint density at radius 1 is 1.20 bits per heavy atom. The molecule has 0 radical (unpaired) electrons. The van der Waals surface area contributed by atoms with E-state index in [2.05, 4.69) is 35.2 Å². The fraction of sp³-hybridized carbons (Fsp3) is 0.375. The van der Waals surface area contributed by atoms with E-state index in [1.54, 1.807) is 6.20 Å². The largest absolute Gasteiger partial charge is 0.438 e. The molecule has 0 unspecified atom stereocenters. The second-order valence-corrected chi connectivity index (χ2v) is 4.67. The molecule has 1 heterocycles. The van der Waals surface area contributed by atoms with Gasteiger partial charge in [0.05, 0.1) is 0 Å². The highest BCUT2D eigenvalue weighted by Crippen LogP contribution is 2.26. The van der Waals surface area contributed by atoms with Crippen molar-refractivity contribution in [1.82, 2.24) is 9.97 Å². The van der Waals surface area contributed by atoms with Crippen molar-refractivity contribution in [3.63, 3.8) is 0 Å². The zero-order valence-corrected chi connectivity index (χ0v) is 12.3. The van der Waals surface area contributed by atoms with Crippen LogP contribution < -0.4 is 10.1 Å². The summed E-state index contributed by atoms with van der Waals surface area (Å²) in [4.78, 5) is 8.69. The van der Waals surface area contributed by atoms with E-state index in [-0.39, 0.29) is 0 Å². The van der Waals surface area contributed by atoms with E-state index < -0.39 is 0 Å². The van der Waals surface area contributed by atoms with Crippen LogP contribution in [-0.2, 0) is 6.42 Å². The van der Waals surface area contributed by atoms with Gasteiger partial charge in [0.1, 0.15) is 5.75 Å². The highest BCUT2D eigenvalue weighted by atomic mass is 16.5. The van der Waals surface area contributed by atoms with Crippen LogP contribution in [0, 0.1) is 6.92 Å². The number of benzene rings is 1. The van der Waals surface area contributed by atoms with Gasteiger partial charge in [0.25, 0.3) is 0 Å². The summed E-state index contributed by atoms with van der Waals surface area (Å²) in [7, 11) is 0. The number of rotatable bonds is 6. The smallest absolute Gasteiger partial charge is 0.226 e. The molecule has 0 aliphatic carbocycles. The molecule has 0 saturated carbocycles. The van der Waals surface area contributed by atoms with E-state index >= 15 is 0 Å². The van der Waals surface area contributed by atoms with Gasteiger partial charge in [0.15, 0.2) is 0 Å². The Kier molecular flexibility index (Phi) is 4.93. The minimum Gasteiger partial charge on any atom is -0.438 e. The number of aromatic nitrogens is 2. The molecule has 4 heteroatoms. The molecule has 0 aliphatic rings. The minimum absolute atomic E-state index is 0.611. The van der Waals surface area contributed by atoms with Crippen molar-refractivity contribution in [1.29, 1.82) is 0 Å². The van der Waals surface area contributed by atoms with Crippen molar-refractivity contribution < 1.29 is 4.74 Å². The van der Waals surface area contributed by atoms with E-state index in [9.17, 15) is 0 Å². The summed E-state index contributed by atoms with van der Waals surface area (Å²) >= 11 is 0. The Morgan fingerprint density at radius 3 is 2.75 bits per heavy atom. The molecule has 0 amide bonds. The molecule has 0 spiro atoms. The molecule has 1 aromatic carbocycles. The van der Waals surface area contributed by atoms with Gasteiger partial charge in [0, 0.05) is 18.3 Å². The summed E-state index contributed by atoms with van der Waals surface area (Å²) < 4.78 is 5.96. The highest BCUT2D eigenvalue weighted by Gasteiger charge is 2.08. The van der Waals surface area contributed by atoms with Crippen molar-refractivity contribution in [2.45, 2.75) is 33.6 Å². The molecule has 0 bridgehead atoms. The topological polar surface area (TPSA) is 47.0 Å². The Bertz CT molecular complexity index is 569. The van der Waals surface area contributed by atoms with Crippen molar-refractivity contribution in [3.05, 3.63) is 41.6 Å². The molecule has 1 aromatic heterocycles. The second-order valence-electron chi connectivity index (χ2n) is 4.67. The number of anilines is 1. The molecule has 2 rings (SSSR count). The normalized spacial score (nSPS) is 10.3. The first kappa shape index (κ1) is 14.3. The molecular weight excluding hydrogens is 250 g/mol. The summed E-state index contributed by atoms with van der Waals surface area (Å²) in [6, 6.07) is 8.04. The fourth-order valence-corrected chi connectivity index (χ4v) is 1.85. The summed E-state index contributed by atoms with van der Waals surface area (Å²) in [5, 5.41) is 3.17. The lowest BCUT2D eigenvalue weighted by Crippen LogP contribution is -2.05. The molecule has 2 aromatic rings. The number of ether oxygens (including phenoxy) is 1. The molecule has 0 aliphatic heterocycles. The lowest BCUT2D eigenvalue weighted by molar-refractivity contribution is 0.453. The van der Waals surface area contributed by atoms with Gasteiger partial charge in [-0.3, -0.25) is 0 Å². The minimum atomic E-state index is 0.611. The number of nitrogens with one attached hydrogen (secondary N) is 1. The maximum atomic E-state index is 5.96. The Morgan fingerprint density at radius 2 is 2.00 bits per heavy atom. The van der Waals surface area contributed by atoms with Crippen LogP contribution in [0.3, 0.4) is 0 Å². The van der Waals surface area contributed by atoms with E-state index in [1.165, 1.54) is 5.56 Å². The average molecular weight is 271 g/mol. The second kappa shape index (κ2) is 6.89. The third-order valence-corrected chi connectivity index (χ3v) is 3.02. The third-order valence-electron chi connectivity index (χ3n) is 3.02. The van der Waals surface area contributed by atoms with E-state index in [0.717, 1.165) is 30.7 Å². The van der Waals surface area contributed by atoms with E-state index in [0.29, 0.717) is 11.8 Å². The van der Waals surface area contributed by atoms with Gasteiger partial charge in [0.2, 0.25) is 11.8 Å². The van der Waals surface area contributed by atoms with Gasteiger partial charge in [-0.15, -0.1) is 0 Å². The first-order chi connectivity index (χ1) is 9.74. The Balaban J connectivity index is 2.23. The fourth-order valence-electron chi connectivity index (χ4n) is 1.85. The van der Waals surface area contributed by atoms with Crippen LogP contribution in [0.4, 0.5) is 5.95 Å². The number of hydrogen-bond acceptors (Lipinski definition) is 4. The Labute approximate surface area is 120 Å². The van der Waals surface area contributed by atoms with Crippen molar-refractivity contribution in [2.75, 3.05) is 11.9 Å². The molecule has 1 N–H and O–H groups in total. The van der Waals surface area contributed by atoms with Crippen molar-refractivity contribution in [3.8, 4) is 11.6 Å². The lowest BCUT2D eigenvalue weighted by Gasteiger charge is -2.12. The summed E-state index contributed by atoms with van der Waals surface area (Å²) in [6.45, 7) is 7.03. The predicted molar refractivity (Wildman–Crippen MR) is 81.4 cm³/mol. The monoisotopic (exact) mass is 271 g/mol. The van der Waals surface area contributed by atoms with Crippen LogP contribution >= 0.6 is 0 Å². The quantitative estimate of drug-likeness (QED) is 0.863. The van der Waals surface area contributed by atoms with Crippen LogP contribution in [0.2, 0.25) is 0 Å². The summed E-state index contributed by atoms with van der Waals surface area (Å²) in [5.74, 6) is 2.08. The standard InChI is InChI=1S/C16H21N3O/c1-4-10-17-16-18-11-12(3)15(19-16)20-14-9-7-6-8-13(14)5-2/h6-9,11H,4-5,10H2,1-3H3,(H,17,18,19). The summed E-state index contributed by atoms with van der Waals surface area (Å²) in [6.07, 6.45) is 3.75. The zero-order chi connectivity index (χ0) is 14.4. The molecule has 4 nitrogen and oxygen atoms in total. The SMILES string of the molecule is CCCNc1ncc(C)c(Oc2ccccc2CC)n1. The van der Waals surface area contributed by atoms with E-state index in [4.69, 9.17) is 4.74 Å². The average Bonchev–Trinajstić information content (AvgIpc) is 2.48. The van der Waals surface area contributed by atoms with Crippen LogP contribution in [0.15, 0.2) is 30.5 Å². The molecule has 0 fully saturated rings. The number of para-hydroxylation sites is 1. The first-order valence-corrected chi connectivity index (χ1v) is 7.07. The molecular formula is C16H21N3O. The highest BCUT2D eigenvalue weighted by molar-refractivity contribution is 5.39. The van der Waals surface area contributed by atoms with Gasteiger partial charge < -0.3 is 10.1 Å².